The Balaban J connectivity index is 0.00000576. The first-order valence-corrected chi connectivity index (χ1v) is 9.70. The highest BCUT2D eigenvalue weighted by Gasteiger charge is 2.28. The van der Waals surface area contributed by atoms with Crippen LogP contribution in [0.15, 0.2) is 24.3 Å². The van der Waals surface area contributed by atoms with Gasteiger partial charge in [0.15, 0.2) is 0 Å². The second kappa shape index (κ2) is 10.8. The van der Waals surface area contributed by atoms with E-state index in [9.17, 15) is 12.8 Å². The predicted molar refractivity (Wildman–Crippen MR) is 104 cm³/mol. The van der Waals surface area contributed by atoms with Gasteiger partial charge in [0.05, 0.1) is 5.25 Å². The number of hydrogen-bond acceptors (Lipinski definition) is 3. The third-order valence-corrected chi connectivity index (χ3v) is 5.49. The number of nitrogens with one attached hydrogen (secondary N) is 1. The summed E-state index contributed by atoms with van der Waals surface area (Å²) in [6.07, 6.45) is 2.72. The molecule has 7 heteroatoms. The van der Waals surface area contributed by atoms with E-state index in [1.807, 2.05) is 0 Å². The molecule has 0 fully saturated rings. The zero-order valence-corrected chi connectivity index (χ0v) is 16.6. The highest BCUT2D eigenvalue weighted by atomic mass is 35.5. The Morgan fingerprint density at radius 1 is 1.24 bits per heavy atom. The van der Waals surface area contributed by atoms with Gasteiger partial charge in [0.2, 0.25) is 10.0 Å². The molecule has 0 aliphatic heterocycles. The maximum absolute atomic E-state index is 14.8. The van der Waals surface area contributed by atoms with Crippen molar-refractivity contribution in [2.24, 2.45) is 5.73 Å². The van der Waals surface area contributed by atoms with Crippen LogP contribution in [0.2, 0.25) is 0 Å². The van der Waals surface area contributed by atoms with Crippen molar-refractivity contribution in [3.05, 3.63) is 35.4 Å². The van der Waals surface area contributed by atoms with Crippen LogP contribution in [0.1, 0.15) is 51.2 Å². The van der Waals surface area contributed by atoms with Crippen molar-refractivity contribution in [3.8, 4) is 11.8 Å². The van der Waals surface area contributed by atoms with Crippen molar-refractivity contribution in [2.75, 3.05) is 13.1 Å². The maximum Gasteiger partial charge on any atom is 0.214 e. The van der Waals surface area contributed by atoms with Crippen LogP contribution in [0.4, 0.5) is 4.39 Å². The van der Waals surface area contributed by atoms with E-state index in [4.69, 9.17) is 5.73 Å². The van der Waals surface area contributed by atoms with Gasteiger partial charge in [-0.05, 0) is 57.9 Å². The van der Waals surface area contributed by atoms with E-state index in [0.717, 1.165) is 24.8 Å². The summed E-state index contributed by atoms with van der Waals surface area (Å²) in [5.74, 6) is 6.09. The second-order valence-corrected chi connectivity index (χ2v) is 8.56. The van der Waals surface area contributed by atoms with E-state index in [0.29, 0.717) is 12.1 Å². The highest BCUT2D eigenvalue weighted by Crippen LogP contribution is 2.25. The summed E-state index contributed by atoms with van der Waals surface area (Å²) in [7, 11) is -3.49. The van der Waals surface area contributed by atoms with Crippen molar-refractivity contribution in [1.29, 1.82) is 0 Å². The van der Waals surface area contributed by atoms with Crippen LogP contribution in [0.3, 0.4) is 0 Å². The minimum Gasteiger partial charge on any atom is -0.330 e. The van der Waals surface area contributed by atoms with Crippen molar-refractivity contribution in [3.63, 3.8) is 0 Å². The summed E-state index contributed by atoms with van der Waals surface area (Å²) in [4.78, 5) is 0. The van der Waals surface area contributed by atoms with Gasteiger partial charge in [0, 0.05) is 18.5 Å². The van der Waals surface area contributed by atoms with Crippen LogP contribution < -0.4 is 10.5 Å². The predicted octanol–water partition coefficient (Wildman–Crippen LogP) is 3.10. The monoisotopic (exact) mass is 390 g/mol. The van der Waals surface area contributed by atoms with Gasteiger partial charge in [0.25, 0.3) is 0 Å². The zero-order chi connectivity index (χ0) is 18.2. The van der Waals surface area contributed by atoms with Gasteiger partial charge in [-0.15, -0.1) is 12.4 Å². The highest BCUT2D eigenvalue weighted by molar-refractivity contribution is 7.90. The minimum absolute atomic E-state index is 0. The summed E-state index contributed by atoms with van der Waals surface area (Å²) in [6.45, 7) is 4.85. The first-order valence-electron chi connectivity index (χ1n) is 8.16. The van der Waals surface area contributed by atoms with Gasteiger partial charge in [-0.3, -0.25) is 0 Å². The largest absolute Gasteiger partial charge is 0.330 e. The Morgan fingerprint density at radius 3 is 2.36 bits per heavy atom. The van der Waals surface area contributed by atoms with Crippen molar-refractivity contribution < 1.29 is 12.8 Å². The molecule has 0 aliphatic rings. The average molecular weight is 391 g/mol. The number of hydrogen-bond donors (Lipinski definition) is 2. The molecular weight excluding hydrogens is 363 g/mol. The molecular formula is C18H28ClFN2O2S. The molecule has 0 spiro atoms. The molecule has 0 heterocycles. The SMILES string of the molecule is CC(C)S(=O)(=O)NCC(C)(F)c1ccc(C#CCCCCN)cc1.Cl. The lowest BCUT2D eigenvalue weighted by Crippen LogP contribution is -2.39. The lowest BCUT2D eigenvalue weighted by atomic mass is 9.97. The van der Waals surface area contributed by atoms with E-state index in [1.165, 1.54) is 6.92 Å². The first-order chi connectivity index (χ1) is 11.2. The first kappa shape index (κ1) is 23.9. The molecule has 3 N–H and O–H groups in total. The molecule has 4 nitrogen and oxygen atoms in total. The Labute approximate surface area is 157 Å². The summed E-state index contributed by atoms with van der Waals surface area (Å²) < 4.78 is 40.6. The molecule has 1 unspecified atom stereocenters. The normalized spacial score (nSPS) is 13.5. The van der Waals surface area contributed by atoms with Crippen molar-refractivity contribution in [2.45, 2.75) is 51.0 Å². The van der Waals surface area contributed by atoms with E-state index in [2.05, 4.69) is 16.6 Å². The van der Waals surface area contributed by atoms with E-state index >= 15 is 0 Å². The van der Waals surface area contributed by atoms with E-state index in [1.54, 1.807) is 38.1 Å². The van der Waals surface area contributed by atoms with Gasteiger partial charge >= 0.3 is 0 Å². The Kier molecular flexibility index (Phi) is 10.3. The summed E-state index contributed by atoms with van der Waals surface area (Å²) in [5.41, 5.74) is 4.87. The topological polar surface area (TPSA) is 72.2 Å². The summed E-state index contributed by atoms with van der Waals surface area (Å²) in [6, 6.07) is 6.79. The minimum atomic E-state index is -3.49. The third-order valence-electron chi connectivity index (χ3n) is 3.70. The molecule has 0 saturated heterocycles. The summed E-state index contributed by atoms with van der Waals surface area (Å²) in [5, 5.41) is -0.592. The smallest absolute Gasteiger partial charge is 0.214 e. The van der Waals surface area contributed by atoms with Crippen molar-refractivity contribution in [1.82, 2.24) is 4.72 Å². The zero-order valence-electron chi connectivity index (χ0n) is 15.0. The molecule has 1 aromatic rings. The van der Waals surface area contributed by atoms with Crippen LogP contribution in [-0.4, -0.2) is 26.8 Å². The van der Waals surface area contributed by atoms with Crippen LogP contribution in [0, 0.1) is 11.8 Å². The Morgan fingerprint density at radius 2 is 1.84 bits per heavy atom. The molecule has 0 saturated carbocycles. The molecule has 1 aromatic carbocycles. The van der Waals surface area contributed by atoms with Gasteiger partial charge < -0.3 is 5.73 Å². The molecule has 142 valence electrons. The fourth-order valence-corrected chi connectivity index (χ4v) is 2.73. The standard InChI is InChI=1S/C18H27FN2O2S.ClH/c1-15(2)24(22,23)21-14-18(3,19)17-11-9-16(10-12-17)8-6-4-5-7-13-20;/h9-12,15,21H,4-5,7,13-14,20H2,1-3H3;1H. The third kappa shape index (κ3) is 8.19. The quantitative estimate of drug-likeness (QED) is 0.529. The van der Waals surface area contributed by atoms with Gasteiger partial charge in [-0.2, -0.15) is 0 Å². The number of rotatable bonds is 8. The Hall–Kier alpha value is -1.13. The van der Waals surface area contributed by atoms with E-state index in [-0.39, 0.29) is 19.0 Å². The van der Waals surface area contributed by atoms with Crippen molar-refractivity contribution >= 4 is 22.4 Å². The molecule has 1 rings (SSSR count). The molecule has 0 amide bonds. The lowest BCUT2D eigenvalue weighted by molar-refractivity contribution is 0.196. The maximum atomic E-state index is 14.8. The number of nitrogens with two attached hydrogens (primary N) is 1. The molecule has 0 bridgehead atoms. The molecule has 25 heavy (non-hydrogen) atoms. The second-order valence-electron chi connectivity index (χ2n) is 6.24. The molecule has 0 radical (unpaired) electrons. The number of sulfonamides is 1. The molecule has 0 aliphatic carbocycles. The van der Waals surface area contributed by atoms with Crippen LogP contribution in [-0.2, 0) is 15.7 Å². The Bertz CT molecular complexity index is 677. The fourth-order valence-electron chi connectivity index (χ4n) is 1.93. The number of unbranched alkanes of at least 4 members (excludes halogenated alkanes) is 2. The lowest BCUT2D eigenvalue weighted by Gasteiger charge is -2.22. The van der Waals surface area contributed by atoms with Gasteiger partial charge in [-0.1, -0.05) is 24.0 Å². The van der Waals surface area contributed by atoms with Gasteiger partial charge in [0.1, 0.15) is 5.67 Å². The number of benzene rings is 1. The van der Waals surface area contributed by atoms with Gasteiger partial charge in [-0.25, -0.2) is 17.5 Å². The fraction of sp³-hybridized carbons (Fsp3) is 0.556. The van der Waals surface area contributed by atoms with Crippen LogP contribution in [0.25, 0.3) is 0 Å². The molecule has 0 aromatic heterocycles. The van der Waals surface area contributed by atoms with E-state index < -0.39 is 20.9 Å². The average Bonchev–Trinajstić information content (AvgIpc) is 2.53. The summed E-state index contributed by atoms with van der Waals surface area (Å²) >= 11 is 0. The molecule has 1 atom stereocenters. The number of halogens is 2. The number of alkyl halides is 1. The van der Waals surface area contributed by atoms with Crippen LogP contribution in [0.5, 0.6) is 0 Å². The van der Waals surface area contributed by atoms with Crippen LogP contribution >= 0.6 is 12.4 Å².